The van der Waals surface area contributed by atoms with Crippen molar-refractivity contribution in [3.05, 3.63) is 29.8 Å². The zero-order chi connectivity index (χ0) is 14.8. The number of hydrogen-bond donors (Lipinski definition) is 2. The number of benzene rings is 1. The van der Waals surface area contributed by atoms with Crippen LogP contribution in [0.3, 0.4) is 0 Å². The van der Waals surface area contributed by atoms with Crippen LogP contribution >= 0.6 is 0 Å². The third kappa shape index (κ3) is 5.46. The van der Waals surface area contributed by atoms with Gasteiger partial charge in [-0.2, -0.15) is 0 Å². The average molecular weight is 272 g/mol. The number of nitrogens with one attached hydrogen (secondary N) is 1. The van der Waals surface area contributed by atoms with E-state index in [1.807, 2.05) is 24.3 Å². The second kappa shape index (κ2) is 9.17. The molecule has 0 aliphatic rings. The van der Waals surface area contributed by atoms with Crippen LogP contribution in [-0.2, 0) is 4.79 Å². The summed E-state index contributed by atoms with van der Waals surface area (Å²) in [7, 11) is 0. The topological polar surface area (TPSA) is 55.1 Å². The Hall–Kier alpha value is -1.79. The molecule has 0 heterocycles. The fourth-order valence-corrected chi connectivity index (χ4v) is 2.18. The Balaban J connectivity index is 2.73. The number of carbonyl (C=O) groups is 1. The highest BCUT2D eigenvalue weighted by Crippen LogP contribution is 2.17. The predicted molar refractivity (Wildman–Crippen MR) is 84.3 cm³/mol. The Morgan fingerprint density at radius 2 is 2.00 bits per heavy atom. The lowest BCUT2D eigenvalue weighted by molar-refractivity contribution is -0.120. The summed E-state index contributed by atoms with van der Waals surface area (Å²) in [4.78, 5) is 12.3. The van der Waals surface area contributed by atoms with E-state index in [2.05, 4.69) is 31.0 Å². The normalized spacial score (nSPS) is 10.0. The van der Waals surface area contributed by atoms with Crippen LogP contribution in [0.5, 0.6) is 0 Å². The fraction of sp³-hybridized carbons (Fsp3) is 0.471. The SMILES string of the molecule is CCCC(CCC)C(=O)Nc1cccc(C#CCN)c1. The minimum atomic E-state index is 0.101. The molecular weight excluding hydrogens is 248 g/mol. The maximum absolute atomic E-state index is 12.3. The molecule has 108 valence electrons. The van der Waals surface area contributed by atoms with Crippen LogP contribution in [0.25, 0.3) is 0 Å². The third-order valence-corrected chi connectivity index (χ3v) is 3.11. The van der Waals surface area contributed by atoms with Gasteiger partial charge in [-0.3, -0.25) is 4.79 Å². The van der Waals surface area contributed by atoms with Crippen LogP contribution in [0, 0.1) is 17.8 Å². The van der Waals surface area contributed by atoms with Crippen molar-refractivity contribution in [3.63, 3.8) is 0 Å². The van der Waals surface area contributed by atoms with Gasteiger partial charge >= 0.3 is 0 Å². The van der Waals surface area contributed by atoms with Gasteiger partial charge in [0.1, 0.15) is 0 Å². The van der Waals surface area contributed by atoms with Gasteiger partial charge in [0.25, 0.3) is 0 Å². The van der Waals surface area contributed by atoms with E-state index < -0.39 is 0 Å². The van der Waals surface area contributed by atoms with Gasteiger partial charge in [0.05, 0.1) is 6.54 Å². The number of hydrogen-bond acceptors (Lipinski definition) is 2. The lowest BCUT2D eigenvalue weighted by Gasteiger charge is -2.15. The first-order chi connectivity index (χ1) is 9.71. The van der Waals surface area contributed by atoms with Crippen molar-refractivity contribution in [2.75, 3.05) is 11.9 Å². The number of amides is 1. The van der Waals surface area contributed by atoms with E-state index in [1.54, 1.807) is 0 Å². The monoisotopic (exact) mass is 272 g/mol. The molecular formula is C17H24N2O. The van der Waals surface area contributed by atoms with Crippen molar-refractivity contribution in [1.82, 2.24) is 0 Å². The van der Waals surface area contributed by atoms with E-state index in [0.717, 1.165) is 36.9 Å². The second-order valence-corrected chi connectivity index (χ2v) is 4.85. The zero-order valence-corrected chi connectivity index (χ0v) is 12.4. The molecule has 1 rings (SSSR count). The molecule has 3 heteroatoms. The van der Waals surface area contributed by atoms with E-state index in [0.29, 0.717) is 6.54 Å². The van der Waals surface area contributed by atoms with Crippen molar-refractivity contribution in [2.24, 2.45) is 11.7 Å². The van der Waals surface area contributed by atoms with Crippen molar-refractivity contribution in [2.45, 2.75) is 39.5 Å². The van der Waals surface area contributed by atoms with Gasteiger partial charge < -0.3 is 11.1 Å². The van der Waals surface area contributed by atoms with Crippen molar-refractivity contribution < 1.29 is 4.79 Å². The van der Waals surface area contributed by atoms with Gasteiger partial charge in [0, 0.05) is 17.2 Å². The quantitative estimate of drug-likeness (QED) is 0.782. The molecule has 3 N–H and O–H groups in total. The average Bonchev–Trinajstić information content (AvgIpc) is 2.45. The molecule has 20 heavy (non-hydrogen) atoms. The third-order valence-electron chi connectivity index (χ3n) is 3.11. The molecule has 0 aliphatic heterocycles. The summed E-state index contributed by atoms with van der Waals surface area (Å²) in [5.41, 5.74) is 7.03. The van der Waals surface area contributed by atoms with Gasteiger partial charge in [0.2, 0.25) is 5.91 Å². The maximum Gasteiger partial charge on any atom is 0.227 e. The van der Waals surface area contributed by atoms with Crippen LogP contribution in [-0.4, -0.2) is 12.5 Å². The van der Waals surface area contributed by atoms with Crippen LogP contribution in [0.15, 0.2) is 24.3 Å². The van der Waals surface area contributed by atoms with Crippen LogP contribution in [0.1, 0.15) is 45.1 Å². The molecule has 1 aromatic carbocycles. The summed E-state index contributed by atoms with van der Waals surface area (Å²) in [5, 5.41) is 2.99. The van der Waals surface area contributed by atoms with Gasteiger partial charge in [-0.15, -0.1) is 0 Å². The van der Waals surface area contributed by atoms with Crippen LogP contribution < -0.4 is 11.1 Å². The molecule has 0 saturated heterocycles. The summed E-state index contributed by atoms with van der Waals surface area (Å²) in [5.74, 6) is 5.99. The molecule has 1 aromatic rings. The first-order valence-electron chi connectivity index (χ1n) is 7.31. The molecule has 0 radical (unpaired) electrons. The van der Waals surface area contributed by atoms with Gasteiger partial charge in [-0.25, -0.2) is 0 Å². The van der Waals surface area contributed by atoms with Crippen LogP contribution in [0.2, 0.25) is 0 Å². The van der Waals surface area contributed by atoms with Crippen LogP contribution in [0.4, 0.5) is 5.69 Å². The van der Waals surface area contributed by atoms with Crippen molar-refractivity contribution >= 4 is 11.6 Å². The molecule has 0 fully saturated rings. The van der Waals surface area contributed by atoms with Crippen molar-refractivity contribution in [1.29, 1.82) is 0 Å². The molecule has 0 aromatic heterocycles. The van der Waals surface area contributed by atoms with E-state index in [4.69, 9.17) is 5.73 Å². The van der Waals surface area contributed by atoms with Crippen molar-refractivity contribution in [3.8, 4) is 11.8 Å². The van der Waals surface area contributed by atoms with Gasteiger partial charge in [0.15, 0.2) is 0 Å². The molecule has 1 amide bonds. The minimum absolute atomic E-state index is 0.101. The summed E-state index contributed by atoms with van der Waals surface area (Å²) in [6.45, 7) is 4.56. The van der Waals surface area contributed by atoms with Gasteiger partial charge in [-0.05, 0) is 31.0 Å². The Labute approximate surface area is 121 Å². The maximum atomic E-state index is 12.3. The Kier molecular flexibility index (Phi) is 7.46. The molecule has 3 nitrogen and oxygen atoms in total. The summed E-state index contributed by atoms with van der Waals surface area (Å²) >= 11 is 0. The zero-order valence-electron chi connectivity index (χ0n) is 12.4. The standard InChI is InChI=1S/C17H24N2O/c1-3-7-15(8-4-2)17(20)19-16-11-5-9-14(13-16)10-6-12-18/h5,9,11,13,15H,3-4,7-8,12,18H2,1-2H3,(H,19,20). The molecule has 0 spiro atoms. The smallest absolute Gasteiger partial charge is 0.227 e. The summed E-state index contributed by atoms with van der Waals surface area (Å²) in [6, 6.07) is 7.58. The lowest BCUT2D eigenvalue weighted by atomic mass is 9.97. The highest BCUT2D eigenvalue weighted by molar-refractivity contribution is 5.92. The Morgan fingerprint density at radius 1 is 1.30 bits per heavy atom. The van der Waals surface area contributed by atoms with E-state index >= 15 is 0 Å². The largest absolute Gasteiger partial charge is 0.326 e. The number of rotatable bonds is 6. The fourth-order valence-electron chi connectivity index (χ4n) is 2.18. The highest BCUT2D eigenvalue weighted by atomic mass is 16.1. The number of anilines is 1. The molecule has 0 saturated carbocycles. The van der Waals surface area contributed by atoms with Gasteiger partial charge in [-0.1, -0.05) is 44.6 Å². The minimum Gasteiger partial charge on any atom is -0.326 e. The van der Waals surface area contributed by atoms with E-state index in [1.165, 1.54) is 0 Å². The number of carbonyl (C=O) groups excluding carboxylic acids is 1. The van der Waals surface area contributed by atoms with E-state index in [9.17, 15) is 4.79 Å². The number of nitrogens with two attached hydrogens (primary N) is 1. The molecule has 0 atom stereocenters. The molecule has 0 unspecified atom stereocenters. The lowest BCUT2D eigenvalue weighted by Crippen LogP contribution is -2.22. The molecule has 0 bridgehead atoms. The first-order valence-corrected chi connectivity index (χ1v) is 7.31. The van der Waals surface area contributed by atoms with E-state index in [-0.39, 0.29) is 11.8 Å². The molecule has 0 aliphatic carbocycles. The first kappa shape index (κ1) is 16.3. The Bertz CT molecular complexity index is 479. The summed E-state index contributed by atoms with van der Waals surface area (Å²) in [6.07, 6.45) is 3.93. The summed E-state index contributed by atoms with van der Waals surface area (Å²) < 4.78 is 0. The highest BCUT2D eigenvalue weighted by Gasteiger charge is 2.16. The predicted octanol–water partition coefficient (Wildman–Crippen LogP) is 3.15. The Morgan fingerprint density at radius 3 is 2.60 bits per heavy atom. The second-order valence-electron chi connectivity index (χ2n) is 4.85.